The van der Waals surface area contributed by atoms with Gasteiger partial charge in [-0.05, 0) is 41.5 Å². The van der Waals surface area contributed by atoms with Gasteiger partial charge in [0.2, 0.25) is 11.8 Å². The molecule has 3 aromatic carbocycles. The third kappa shape index (κ3) is 6.51. The number of fused-ring (bicyclic) bond motifs is 1. The minimum absolute atomic E-state index is 0.0673. The fourth-order valence-electron chi connectivity index (χ4n) is 4.50. The van der Waals surface area contributed by atoms with Gasteiger partial charge in [0.25, 0.3) is 0 Å². The van der Waals surface area contributed by atoms with Gasteiger partial charge in [-0.25, -0.2) is 4.99 Å². The maximum Gasteiger partial charge on any atom is 0.242 e. The lowest BCUT2D eigenvalue weighted by molar-refractivity contribution is -0.128. The van der Waals surface area contributed by atoms with Gasteiger partial charge in [0.15, 0.2) is 5.17 Å². The van der Waals surface area contributed by atoms with Crippen molar-refractivity contribution in [3.05, 3.63) is 71.8 Å². The zero-order valence-electron chi connectivity index (χ0n) is 20.4. The smallest absolute Gasteiger partial charge is 0.242 e. The lowest BCUT2D eigenvalue weighted by Gasteiger charge is -2.27. The lowest BCUT2D eigenvalue weighted by atomic mass is 10.1. The first-order valence-corrected chi connectivity index (χ1v) is 13.7. The van der Waals surface area contributed by atoms with Crippen LogP contribution >= 0.6 is 23.4 Å². The number of hydrogen-bond donors (Lipinski definition) is 1. The third-order valence-corrected chi connectivity index (χ3v) is 7.95. The molecule has 37 heavy (non-hydrogen) atoms. The second-order valence-electron chi connectivity index (χ2n) is 9.06. The lowest BCUT2D eigenvalue weighted by Crippen LogP contribution is -2.39. The molecule has 0 aromatic heterocycles. The molecule has 1 atom stereocenters. The minimum Gasteiger partial charge on any atom is -0.379 e. The van der Waals surface area contributed by atoms with Crippen LogP contribution in [0.4, 0.5) is 11.4 Å². The number of benzene rings is 3. The maximum atomic E-state index is 13.4. The van der Waals surface area contributed by atoms with Crippen LogP contribution in [0.25, 0.3) is 10.8 Å². The van der Waals surface area contributed by atoms with Crippen molar-refractivity contribution >= 4 is 62.5 Å². The normalized spacial score (nSPS) is 19.6. The Labute approximate surface area is 225 Å². The van der Waals surface area contributed by atoms with E-state index in [4.69, 9.17) is 21.3 Å². The van der Waals surface area contributed by atoms with Crippen molar-refractivity contribution in [2.24, 2.45) is 4.99 Å². The van der Waals surface area contributed by atoms with E-state index in [1.807, 2.05) is 60.7 Å². The molecule has 0 spiro atoms. The van der Waals surface area contributed by atoms with E-state index in [9.17, 15) is 9.59 Å². The van der Waals surface area contributed by atoms with Gasteiger partial charge in [0.05, 0.1) is 23.9 Å². The van der Waals surface area contributed by atoms with Crippen molar-refractivity contribution in [2.45, 2.75) is 18.1 Å². The van der Waals surface area contributed by atoms with Gasteiger partial charge in [-0.3, -0.25) is 19.4 Å². The number of amidine groups is 1. The first kappa shape index (κ1) is 25.7. The van der Waals surface area contributed by atoms with E-state index in [-0.39, 0.29) is 18.2 Å². The van der Waals surface area contributed by atoms with Crippen LogP contribution in [-0.2, 0) is 14.3 Å². The summed E-state index contributed by atoms with van der Waals surface area (Å²) >= 11 is 7.67. The molecule has 2 amide bonds. The van der Waals surface area contributed by atoms with Gasteiger partial charge in [-0.1, -0.05) is 65.8 Å². The summed E-state index contributed by atoms with van der Waals surface area (Å²) in [5.41, 5.74) is 1.32. The van der Waals surface area contributed by atoms with Gasteiger partial charge in [-0.2, -0.15) is 0 Å². The number of para-hydroxylation sites is 1. The van der Waals surface area contributed by atoms with E-state index < -0.39 is 5.25 Å². The minimum atomic E-state index is -0.537. The van der Waals surface area contributed by atoms with E-state index in [0.29, 0.717) is 28.1 Å². The quantitative estimate of drug-likeness (QED) is 0.429. The number of aliphatic imine (C=N–C) groups is 1. The van der Waals surface area contributed by atoms with E-state index in [1.54, 1.807) is 11.0 Å². The van der Waals surface area contributed by atoms with E-state index in [0.717, 1.165) is 50.0 Å². The number of anilines is 1. The van der Waals surface area contributed by atoms with Crippen molar-refractivity contribution in [2.75, 3.05) is 44.7 Å². The first-order valence-electron chi connectivity index (χ1n) is 12.5. The number of morpholine rings is 1. The van der Waals surface area contributed by atoms with Gasteiger partial charge in [0.1, 0.15) is 5.25 Å². The standard InChI is InChI=1S/C28H29ClN4O3S/c29-23-8-3-4-9-24(23)31-28-33(13-5-12-32-14-16-36-17-15-32)27(35)25(37-28)19-26(34)30-22-11-10-20-6-1-2-7-21(20)18-22/h1-4,6-11,18,25H,5,12-17,19H2,(H,30,34). The van der Waals surface area contributed by atoms with Crippen LogP contribution in [0.1, 0.15) is 12.8 Å². The van der Waals surface area contributed by atoms with Crippen LogP contribution in [-0.4, -0.2) is 71.4 Å². The van der Waals surface area contributed by atoms with Crippen LogP contribution in [0.2, 0.25) is 5.02 Å². The second-order valence-corrected chi connectivity index (χ2v) is 10.6. The molecule has 0 radical (unpaired) electrons. The number of rotatable bonds is 8. The van der Waals surface area contributed by atoms with Crippen molar-refractivity contribution in [1.29, 1.82) is 0 Å². The fourth-order valence-corrected chi connectivity index (χ4v) is 5.86. The maximum absolute atomic E-state index is 13.4. The summed E-state index contributed by atoms with van der Waals surface area (Å²) in [4.78, 5) is 35.1. The molecular formula is C28H29ClN4O3S. The monoisotopic (exact) mass is 536 g/mol. The molecule has 0 bridgehead atoms. The summed E-state index contributed by atoms with van der Waals surface area (Å²) in [6.45, 7) is 4.71. The fraction of sp³-hybridized carbons (Fsp3) is 0.321. The van der Waals surface area contributed by atoms with Crippen molar-refractivity contribution in [1.82, 2.24) is 9.80 Å². The Balaban J connectivity index is 1.27. The molecule has 1 unspecified atom stereocenters. The molecule has 7 nitrogen and oxygen atoms in total. The van der Waals surface area contributed by atoms with Crippen LogP contribution in [0.15, 0.2) is 71.7 Å². The van der Waals surface area contributed by atoms with E-state index in [1.165, 1.54) is 11.8 Å². The number of carbonyl (C=O) groups excluding carboxylic acids is 2. The zero-order chi connectivity index (χ0) is 25.6. The third-order valence-electron chi connectivity index (χ3n) is 6.45. The molecule has 192 valence electrons. The largest absolute Gasteiger partial charge is 0.379 e. The number of hydrogen-bond acceptors (Lipinski definition) is 6. The predicted molar refractivity (Wildman–Crippen MR) is 151 cm³/mol. The SMILES string of the molecule is O=C(CC1SC(=Nc2ccccc2Cl)N(CCCN2CCOCC2)C1=O)Nc1ccc2ccccc2c1. The van der Waals surface area contributed by atoms with Crippen LogP contribution in [0, 0.1) is 0 Å². The molecule has 2 fully saturated rings. The number of thioether (sulfide) groups is 1. The average Bonchev–Trinajstić information content (AvgIpc) is 3.19. The summed E-state index contributed by atoms with van der Waals surface area (Å²) in [6.07, 6.45) is 0.877. The number of nitrogens with zero attached hydrogens (tertiary/aromatic N) is 3. The van der Waals surface area contributed by atoms with Crippen LogP contribution in [0.5, 0.6) is 0 Å². The Morgan fingerprint density at radius 2 is 1.78 bits per heavy atom. The molecule has 2 heterocycles. The average molecular weight is 537 g/mol. The summed E-state index contributed by atoms with van der Waals surface area (Å²) < 4.78 is 5.43. The predicted octanol–water partition coefficient (Wildman–Crippen LogP) is 5.18. The highest BCUT2D eigenvalue weighted by molar-refractivity contribution is 8.15. The Kier molecular flexibility index (Phi) is 8.41. The summed E-state index contributed by atoms with van der Waals surface area (Å²) in [6, 6.07) is 21.1. The van der Waals surface area contributed by atoms with Gasteiger partial charge in [-0.15, -0.1) is 0 Å². The van der Waals surface area contributed by atoms with E-state index in [2.05, 4.69) is 10.2 Å². The summed E-state index contributed by atoms with van der Waals surface area (Å²) in [5.74, 6) is -0.292. The zero-order valence-corrected chi connectivity index (χ0v) is 22.0. The number of amides is 2. The van der Waals surface area contributed by atoms with Crippen LogP contribution in [0.3, 0.4) is 0 Å². The summed E-state index contributed by atoms with van der Waals surface area (Å²) in [5, 5.41) is 5.68. The molecule has 3 aromatic rings. The first-order chi connectivity index (χ1) is 18.1. The van der Waals surface area contributed by atoms with Gasteiger partial charge in [0, 0.05) is 38.3 Å². The number of halogens is 1. The molecular weight excluding hydrogens is 508 g/mol. The molecule has 0 aliphatic carbocycles. The van der Waals surface area contributed by atoms with E-state index >= 15 is 0 Å². The highest BCUT2D eigenvalue weighted by Crippen LogP contribution is 2.34. The molecule has 5 rings (SSSR count). The molecule has 2 aliphatic heterocycles. The Morgan fingerprint density at radius 1 is 1.03 bits per heavy atom. The molecule has 9 heteroatoms. The van der Waals surface area contributed by atoms with Crippen molar-refractivity contribution in [3.63, 3.8) is 0 Å². The van der Waals surface area contributed by atoms with Crippen LogP contribution < -0.4 is 5.32 Å². The Bertz CT molecular complexity index is 1310. The van der Waals surface area contributed by atoms with Crippen molar-refractivity contribution < 1.29 is 14.3 Å². The molecule has 1 N–H and O–H groups in total. The topological polar surface area (TPSA) is 74.2 Å². The number of ether oxygens (including phenoxy) is 1. The Morgan fingerprint density at radius 3 is 2.59 bits per heavy atom. The highest BCUT2D eigenvalue weighted by Gasteiger charge is 2.39. The number of nitrogens with one attached hydrogen (secondary N) is 1. The summed E-state index contributed by atoms with van der Waals surface area (Å²) in [7, 11) is 0. The number of carbonyl (C=O) groups is 2. The van der Waals surface area contributed by atoms with Crippen molar-refractivity contribution in [3.8, 4) is 0 Å². The molecule has 2 saturated heterocycles. The van der Waals surface area contributed by atoms with Gasteiger partial charge >= 0.3 is 0 Å². The van der Waals surface area contributed by atoms with Gasteiger partial charge < -0.3 is 10.1 Å². The molecule has 2 aliphatic rings. The highest BCUT2D eigenvalue weighted by atomic mass is 35.5. The Hall–Kier alpha value is -2.91. The molecule has 0 saturated carbocycles. The second kappa shape index (κ2) is 12.1.